The normalized spacial score (nSPS) is 22.0. The van der Waals surface area contributed by atoms with Crippen LogP contribution in [-0.4, -0.2) is 46.1 Å². The summed E-state index contributed by atoms with van der Waals surface area (Å²) >= 11 is 0. The van der Waals surface area contributed by atoms with Crippen LogP contribution in [0.4, 0.5) is 0 Å². The van der Waals surface area contributed by atoms with Crippen LogP contribution >= 0.6 is 0 Å². The number of hydrogen-bond donors (Lipinski definition) is 0. The lowest BCUT2D eigenvalue weighted by Crippen LogP contribution is -2.44. The minimum atomic E-state index is -3.46. The fourth-order valence-corrected chi connectivity index (χ4v) is 4.74. The van der Waals surface area contributed by atoms with Crippen LogP contribution in [0.25, 0.3) is 0 Å². The van der Waals surface area contributed by atoms with Gasteiger partial charge in [0.2, 0.25) is 10.0 Å². The third kappa shape index (κ3) is 3.44. The van der Waals surface area contributed by atoms with Gasteiger partial charge < -0.3 is 9.47 Å². The highest BCUT2D eigenvalue weighted by atomic mass is 32.2. The molecule has 2 aliphatic rings. The minimum absolute atomic E-state index is 0.0907. The molecule has 0 amide bonds. The highest BCUT2D eigenvalue weighted by Gasteiger charge is 2.38. The van der Waals surface area contributed by atoms with E-state index in [2.05, 4.69) is 6.08 Å². The molecule has 1 fully saturated rings. The van der Waals surface area contributed by atoms with E-state index in [1.807, 2.05) is 6.08 Å². The van der Waals surface area contributed by atoms with Crippen LogP contribution in [0.1, 0.15) is 19.3 Å². The van der Waals surface area contributed by atoms with Crippen molar-refractivity contribution >= 4 is 10.0 Å². The van der Waals surface area contributed by atoms with Gasteiger partial charge in [-0.2, -0.15) is 4.31 Å². The Morgan fingerprint density at radius 2 is 2.00 bits per heavy atom. The topological polar surface area (TPSA) is 55.8 Å². The number of piperidine rings is 1. The Morgan fingerprint density at radius 3 is 2.74 bits per heavy atom. The molecule has 0 saturated carbocycles. The van der Waals surface area contributed by atoms with Crippen LogP contribution in [-0.2, 0) is 14.8 Å². The Hall–Kier alpha value is -1.37. The van der Waals surface area contributed by atoms with E-state index in [0.717, 1.165) is 19.3 Å². The Balaban J connectivity index is 1.74. The van der Waals surface area contributed by atoms with Crippen LogP contribution in [0.5, 0.6) is 5.75 Å². The van der Waals surface area contributed by atoms with E-state index in [1.54, 1.807) is 28.6 Å². The molecule has 1 aromatic rings. The van der Waals surface area contributed by atoms with E-state index in [4.69, 9.17) is 9.47 Å². The summed E-state index contributed by atoms with van der Waals surface area (Å²) in [4.78, 5) is 0.296. The van der Waals surface area contributed by atoms with Gasteiger partial charge >= 0.3 is 0 Å². The second-order valence-electron chi connectivity index (χ2n) is 6.27. The van der Waals surface area contributed by atoms with E-state index >= 15 is 0 Å². The van der Waals surface area contributed by atoms with Crippen molar-refractivity contribution < 1.29 is 17.9 Å². The Bertz CT molecular complexity index is 676. The lowest BCUT2D eigenvalue weighted by atomic mass is 9.77. The number of rotatable bonds is 3. The van der Waals surface area contributed by atoms with Crippen molar-refractivity contribution in [3.8, 4) is 5.75 Å². The van der Waals surface area contributed by atoms with E-state index < -0.39 is 10.0 Å². The summed E-state index contributed by atoms with van der Waals surface area (Å²) in [6.45, 7) is 2.45. The van der Waals surface area contributed by atoms with Crippen molar-refractivity contribution in [1.29, 1.82) is 0 Å². The van der Waals surface area contributed by atoms with Crippen molar-refractivity contribution in [3.63, 3.8) is 0 Å². The highest BCUT2D eigenvalue weighted by molar-refractivity contribution is 7.89. The molecule has 6 heteroatoms. The van der Waals surface area contributed by atoms with Crippen LogP contribution < -0.4 is 4.74 Å². The molecule has 1 aromatic carbocycles. The number of benzene rings is 1. The lowest BCUT2D eigenvalue weighted by Gasteiger charge is -2.40. The highest BCUT2D eigenvalue weighted by Crippen LogP contribution is 2.38. The van der Waals surface area contributed by atoms with E-state index in [-0.39, 0.29) is 5.41 Å². The summed E-state index contributed by atoms with van der Waals surface area (Å²) in [5, 5.41) is 0. The van der Waals surface area contributed by atoms with Gasteiger partial charge in [-0.15, -0.1) is 0 Å². The second kappa shape index (κ2) is 6.63. The van der Waals surface area contributed by atoms with Gasteiger partial charge in [0.15, 0.2) is 0 Å². The van der Waals surface area contributed by atoms with Crippen LogP contribution in [0.15, 0.2) is 41.3 Å². The molecule has 0 N–H and O–H groups in total. The van der Waals surface area contributed by atoms with Crippen molar-refractivity contribution in [1.82, 2.24) is 4.31 Å². The molecule has 126 valence electrons. The number of methoxy groups -OCH3 is 1. The Kier molecular flexibility index (Phi) is 4.75. The van der Waals surface area contributed by atoms with Crippen LogP contribution in [0.3, 0.4) is 0 Å². The van der Waals surface area contributed by atoms with Crippen molar-refractivity contribution in [2.45, 2.75) is 24.2 Å². The Labute approximate surface area is 137 Å². The molecule has 0 aliphatic carbocycles. The van der Waals surface area contributed by atoms with Crippen LogP contribution in [0.2, 0.25) is 0 Å². The number of allylic oxidation sites excluding steroid dienone is 1. The lowest BCUT2D eigenvalue weighted by molar-refractivity contribution is 0.0323. The molecule has 2 heterocycles. The number of ether oxygens (including phenoxy) is 2. The van der Waals surface area contributed by atoms with E-state index in [1.165, 1.54) is 7.11 Å². The monoisotopic (exact) mass is 337 g/mol. The van der Waals surface area contributed by atoms with Gasteiger partial charge in [0.1, 0.15) is 5.75 Å². The van der Waals surface area contributed by atoms with Gasteiger partial charge in [0.25, 0.3) is 0 Å². The van der Waals surface area contributed by atoms with Gasteiger partial charge in [0.05, 0.1) is 25.2 Å². The smallest absolute Gasteiger partial charge is 0.243 e. The molecule has 2 aliphatic heterocycles. The fourth-order valence-electron chi connectivity index (χ4n) is 3.26. The number of hydrogen-bond acceptors (Lipinski definition) is 4. The number of nitrogens with zero attached hydrogens (tertiary/aromatic N) is 1. The molecule has 0 atom stereocenters. The maximum atomic E-state index is 12.8. The SMILES string of the molecule is COc1cccc(S(=O)(=O)N2CCC3(CC=CCOC3)CC2)c1. The molecule has 5 nitrogen and oxygen atoms in total. The zero-order valence-corrected chi connectivity index (χ0v) is 14.2. The first-order valence-electron chi connectivity index (χ1n) is 7.93. The largest absolute Gasteiger partial charge is 0.497 e. The zero-order chi connectivity index (χ0) is 16.3. The third-order valence-corrected chi connectivity index (χ3v) is 6.70. The summed E-state index contributed by atoms with van der Waals surface area (Å²) in [7, 11) is -1.93. The average molecular weight is 337 g/mol. The molecule has 1 saturated heterocycles. The predicted molar refractivity (Wildman–Crippen MR) is 88.0 cm³/mol. The molecule has 23 heavy (non-hydrogen) atoms. The molecule has 0 bridgehead atoms. The molecular weight excluding hydrogens is 314 g/mol. The molecular formula is C17H23NO4S. The standard InChI is InChI=1S/C17H23NO4S/c1-21-15-5-4-6-16(13-15)23(19,20)18-10-8-17(9-11-18)7-2-3-12-22-14-17/h2-6,13H,7-12,14H2,1H3. The molecule has 0 unspecified atom stereocenters. The van der Waals surface area contributed by atoms with Crippen molar-refractivity contribution in [2.75, 3.05) is 33.4 Å². The van der Waals surface area contributed by atoms with E-state index in [0.29, 0.717) is 36.9 Å². The Morgan fingerprint density at radius 1 is 1.22 bits per heavy atom. The first kappa shape index (κ1) is 16.5. The number of sulfonamides is 1. The summed E-state index contributed by atoms with van der Waals surface area (Å²) in [6.07, 6.45) is 6.86. The first-order valence-corrected chi connectivity index (χ1v) is 9.37. The molecule has 1 spiro atoms. The van der Waals surface area contributed by atoms with Crippen molar-refractivity contribution in [3.05, 3.63) is 36.4 Å². The quantitative estimate of drug-likeness (QED) is 0.795. The molecule has 3 rings (SSSR count). The average Bonchev–Trinajstić information content (AvgIpc) is 2.81. The summed E-state index contributed by atoms with van der Waals surface area (Å²) in [5.41, 5.74) is 0.0907. The molecule has 0 radical (unpaired) electrons. The van der Waals surface area contributed by atoms with Gasteiger partial charge in [-0.25, -0.2) is 8.42 Å². The first-order chi connectivity index (χ1) is 11.1. The van der Waals surface area contributed by atoms with Gasteiger partial charge in [-0.1, -0.05) is 18.2 Å². The fraction of sp³-hybridized carbons (Fsp3) is 0.529. The molecule has 0 aromatic heterocycles. The zero-order valence-electron chi connectivity index (χ0n) is 13.4. The van der Waals surface area contributed by atoms with Gasteiger partial charge in [-0.3, -0.25) is 0 Å². The van der Waals surface area contributed by atoms with Crippen LogP contribution in [0, 0.1) is 5.41 Å². The predicted octanol–water partition coefficient (Wildman–Crippen LogP) is 2.44. The maximum absolute atomic E-state index is 12.8. The maximum Gasteiger partial charge on any atom is 0.243 e. The van der Waals surface area contributed by atoms with Gasteiger partial charge in [-0.05, 0) is 36.8 Å². The summed E-state index contributed by atoms with van der Waals surface area (Å²) in [5.74, 6) is 0.557. The van der Waals surface area contributed by atoms with Crippen molar-refractivity contribution in [2.24, 2.45) is 5.41 Å². The summed E-state index contributed by atoms with van der Waals surface area (Å²) in [6, 6.07) is 6.66. The minimum Gasteiger partial charge on any atom is -0.497 e. The second-order valence-corrected chi connectivity index (χ2v) is 8.21. The van der Waals surface area contributed by atoms with Gasteiger partial charge in [0, 0.05) is 19.2 Å². The van der Waals surface area contributed by atoms with E-state index in [9.17, 15) is 8.42 Å². The third-order valence-electron chi connectivity index (χ3n) is 4.80. The summed E-state index contributed by atoms with van der Waals surface area (Å²) < 4.78 is 38.0.